The third-order valence-electron chi connectivity index (χ3n) is 1.89. The van der Waals surface area contributed by atoms with Gasteiger partial charge in [-0.25, -0.2) is 5.01 Å². The van der Waals surface area contributed by atoms with E-state index in [1.807, 2.05) is 0 Å². The summed E-state index contributed by atoms with van der Waals surface area (Å²) in [6.45, 7) is -1.80. The first-order chi connectivity index (χ1) is 10.6. The minimum absolute atomic E-state index is 0.377. The van der Waals surface area contributed by atoms with Crippen LogP contribution in [0, 0.1) is 0 Å². The fourth-order valence-electron chi connectivity index (χ4n) is 0.957. The summed E-state index contributed by atoms with van der Waals surface area (Å²) in [5.41, 5.74) is 0. The summed E-state index contributed by atoms with van der Waals surface area (Å²) in [6, 6.07) is 0. The fraction of sp³-hybridized carbons (Fsp3) is 0.750. The Balaban J connectivity index is 0. The molecule has 0 saturated carbocycles. The van der Waals surface area contributed by atoms with Gasteiger partial charge in [-0.05, 0) is 0 Å². The topological polar surface area (TPSA) is 236 Å². The van der Waals surface area contributed by atoms with E-state index in [2.05, 4.69) is 0 Å². The molecular formula is C8H19N3O11S2. The molecule has 0 unspecified atom stereocenters. The zero-order chi connectivity index (χ0) is 19.6. The summed E-state index contributed by atoms with van der Waals surface area (Å²) in [4.78, 5) is 19.8. The van der Waals surface area contributed by atoms with Crippen LogP contribution >= 0.6 is 0 Å². The first-order valence-corrected chi connectivity index (χ1v) is 9.11. The highest BCUT2D eigenvalue weighted by atomic mass is 32.2. The summed E-state index contributed by atoms with van der Waals surface area (Å²) in [7, 11) is -8.37. The van der Waals surface area contributed by atoms with Gasteiger partial charge in [0.1, 0.15) is 13.1 Å². The lowest BCUT2D eigenvalue weighted by Crippen LogP contribution is -2.39. The maximum Gasteiger partial charge on any atom is 0.319 e. The van der Waals surface area contributed by atoms with Gasteiger partial charge in [0, 0.05) is 13.1 Å². The van der Waals surface area contributed by atoms with E-state index in [0.29, 0.717) is 10.1 Å². The number of rotatable bonds is 10. The Morgan fingerprint density at radius 3 is 1.33 bits per heavy atom. The Bertz CT molecular complexity index is 551. The van der Waals surface area contributed by atoms with Crippen LogP contribution < -0.4 is 5.84 Å². The monoisotopic (exact) mass is 397 g/mol. The molecule has 0 radical (unpaired) electrons. The number of hydrogen-bond acceptors (Lipinski definition) is 10. The maximum absolute atomic E-state index is 10.2. The predicted octanol–water partition coefficient (Wildman–Crippen LogP) is -3.22. The Hall–Kier alpha value is -1.40. The lowest BCUT2D eigenvalue weighted by molar-refractivity contribution is -0.141. The van der Waals surface area contributed by atoms with Crippen LogP contribution in [0.4, 0.5) is 0 Å². The van der Waals surface area contributed by atoms with Crippen molar-refractivity contribution in [3.63, 3.8) is 0 Å². The number of hydrazine groups is 1. The number of hydrogen-bond donors (Lipinski definition) is 6. The first kappa shape index (κ1) is 24.8. The summed E-state index contributed by atoms with van der Waals surface area (Å²) >= 11 is 0. The molecule has 0 aliphatic rings. The minimum Gasteiger partial charge on any atom is -0.480 e. The third-order valence-corrected chi connectivity index (χ3v) is 3.29. The van der Waals surface area contributed by atoms with Crippen LogP contribution in [0.2, 0.25) is 0 Å². The zero-order valence-electron chi connectivity index (χ0n) is 12.2. The van der Waals surface area contributed by atoms with Crippen molar-refractivity contribution < 1.29 is 51.0 Å². The molecule has 14 nitrogen and oxygen atoms in total. The van der Waals surface area contributed by atoms with Gasteiger partial charge in [-0.1, -0.05) is 0 Å². The number of nitrogens with zero attached hydrogens (tertiary/aromatic N) is 2. The van der Waals surface area contributed by atoms with E-state index >= 15 is 0 Å². The van der Waals surface area contributed by atoms with Gasteiger partial charge in [0.25, 0.3) is 20.2 Å². The molecule has 0 fully saturated rings. The molecule has 0 aliphatic carbocycles. The number of nitrogens with two attached hydrogens (primary N) is 1. The molecular weight excluding hydrogens is 378 g/mol. The Morgan fingerprint density at radius 1 is 0.833 bits per heavy atom. The van der Waals surface area contributed by atoms with Crippen molar-refractivity contribution in [2.24, 2.45) is 5.84 Å². The van der Waals surface area contributed by atoms with Crippen molar-refractivity contribution in [2.75, 3.05) is 37.7 Å². The summed E-state index contributed by atoms with van der Waals surface area (Å²) in [5.74, 6) is 1.22. The maximum atomic E-state index is 10.2. The van der Waals surface area contributed by atoms with Gasteiger partial charge in [-0.15, -0.1) is 0 Å². The van der Waals surface area contributed by atoms with Crippen molar-refractivity contribution in [1.29, 1.82) is 0 Å². The van der Waals surface area contributed by atoms with Crippen molar-refractivity contribution in [1.82, 2.24) is 10.1 Å². The average Bonchev–Trinajstić information content (AvgIpc) is 2.30. The number of carboxylic acid groups (broad SMARTS) is 2. The highest BCUT2D eigenvalue weighted by Gasteiger charge is 2.11. The van der Waals surface area contributed by atoms with Crippen molar-refractivity contribution in [3.05, 3.63) is 0 Å². The van der Waals surface area contributed by atoms with E-state index in [1.165, 1.54) is 0 Å². The van der Waals surface area contributed by atoms with Crippen LogP contribution in [0.5, 0.6) is 0 Å². The van der Waals surface area contributed by atoms with Crippen molar-refractivity contribution >= 4 is 32.2 Å². The second-order valence-corrected chi connectivity index (χ2v) is 7.36. The number of hydroxylamine groups is 2. The first-order valence-electron chi connectivity index (χ1n) is 5.89. The normalized spacial score (nSPS) is 11.9. The molecule has 144 valence electrons. The average molecular weight is 397 g/mol. The van der Waals surface area contributed by atoms with Gasteiger partial charge in [0.2, 0.25) is 0 Å². The molecule has 24 heavy (non-hydrogen) atoms. The van der Waals surface area contributed by atoms with Gasteiger partial charge in [0.05, 0.1) is 11.5 Å². The molecule has 0 amide bonds. The number of carboxylic acids is 2. The molecule has 0 atom stereocenters. The molecule has 0 spiro atoms. The molecule has 0 rings (SSSR count). The third kappa shape index (κ3) is 22.9. The quantitative estimate of drug-likeness (QED) is 0.121. The molecule has 0 aromatic carbocycles. The second-order valence-electron chi connectivity index (χ2n) is 4.22. The van der Waals surface area contributed by atoms with E-state index in [1.54, 1.807) is 0 Å². The van der Waals surface area contributed by atoms with Crippen LogP contribution in [-0.2, 0) is 29.8 Å². The van der Waals surface area contributed by atoms with Gasteiger partial charge in [-0.3, -0.25) is 24.5 Å². The largest absolute Gasteiger partial charge is 0.480 e. The molecule has 0 aromatic rings. The van der Waals surface area contributed by atoms with Crippen LogP contribution in [-0.4, -0.2) is 101 Å². The lowest BCUT2D eigenvalue weighted by atomic mass is 10.5. The molecule has 0 saturated heterocycles. The van der Waals surface area contributed by atoms with E-state index in [9.17, 15) is 26.4 Å². The summed E-state index contributed by atoms with van der Waals surface area (Å²) in [6.07, 6.45) is 0. The highest BCUT2D eigenvalue weighted by molar-refractivity contribution is 7.86. The number of carbonyl (C=O) groups is 2. The van der Waals surface area contributed by atoms with Crippen LogP contribution in [0.25, 0.3) is 0 Å². The van der Waals surface area contributed by atoms with Crippen molar-refractivity contribution in [2.45, 2.75) is 0 Å². The molecule has 0 aromatic heterocycles. The van der Waals surface area contributed by atoms with Gasteiger partial charge in [-0.2, -0.15) is 21.9 Å². The molecule has 16 heteroatoms. The highest BCUT2D eigenvalue weighted by Crippen LogP contribution is 1.89. The van der Waals surface area contributed by atoms with E-state index in [0.717, 1.165) is 0 Å². The summed E-state index contributed by atoms with van der Waals surface area (Å²) < 4.78 is 57.3. The van der Waals surface area contributed by atoms with E-state index in [-0.39, 0.29) is 0 Å². The molecule has 0 bridgehead atoms. The molecule has 7 N–H and O–H groups in total. The van der Waals surface area contributed by atoms with Crippen LogP contribution in [0.3, 0.4) is 0 Å². The number of aliphatic carboxylic acids is 2. The SMILES string of the molecule is NN(CC(=O)O)CC(=O)O.O=S(=O)(O)CCN(O)CCS(=O)(=O)O. The van der Waals surface area contributed by atoms with Gasteiger partial charge < -0.3 is 15.4 Å². The Morgan fingerprint density at radius 2 is 1.12 bits per heavy atom. The fourth-order valence-corrected chi connectivity index (χ4v) is 1.84. The standard InChI is InChI=1S/C4H8N2O4.C4H11NO7S2/c5-6(1-3(7)8)2-4(9)10;6-5(1-3-13(7,8)9)2-4-14(10,11)12/h1-2,5H2,(H,7,8)(H,9,10);6H,1-4H2,(H,7,8,9)(H,10,11,12). The predicted molar refractivity (Wildman–Crippen MR) is 77.2 cm³/mol. The minimum atomic E-state index is -4.19. The zero-order valence-corrected chi connectivity index (χ0v) is 13.8. The Kier molecular flexibility index (Phi) is 11.6. The van der Waals surface area contributed by atoms with Crippen LogP contribution in [0.1, 0.15) is 0 Å². The molecule has 0 aliphatic heterocycles. The van der Waals surface area contributed by atoms with E-state index < -0.39 is 69.9 Å². The van der Waals surface area contributed by atoms with Crippen LogP contribution in [0.15, 0.2) is 0 Å². The van der Waals surface area contributed by atoms with Gasteiger partial charge in [0.15, 0.2) is 0 Å². The van der Waals surface area contributed by atoms with Gasteiger partial charge >= 0.3 is 11.9 Å². The Labute approximate surface area is 137 Å². The van der Waals surface area contributed by atoms with Crippen molar-refractivity contribution in [3.8, 4) is 0 Å². The lowest BCUT2D eigenvalue weighted by Gasteiger charge is -2.11. The molecule has 0 heterocycles. The smallest absolute Gasteiger partial charge is 0.319 e. The van der Waals surface area contributed by atoms with E-state index in [4.69, 9.17) is 30.4 Å². The second kappa shape index (κ2) is 11.2. The summed E-state index contributed by atoms with van der Waals surface area (Å²) in [5, 5.41) is 26.1.